The zero-order valence-corrected chi connectivity index (χ0v) is 11.4. The van der Waals surface area contributed by atoms with Crippen molar-refractivity contribution in [2.24, 2.45) is 5.92 Å². The monoisotopic (exact) mass is 264 g/mol. The zero-order valence-electron chi connectivity index (χ0n) is 11.4. The SMILES string of the molecule is CC[C@H](C)[C@@H]1NC(=O)N(CCCn2ccnc2)C1=O. The Morgan fingerprint density at radius 2 is 2.21 bits per heavy atom. The molecule has 1 N–H and O–H groups in total. The number of nitrogens with one attached hydrogen (secondary N) is 1. The number of hydrogen-bond donors (Lipinski definition) is 1. The molecule has 1 aliphatic rings. The minimum absolute atomic E-state index is 0.0926. The molecule has 0 bridgehead atoms. The van der Waals surface area contributed by atoms with E-state index in [0.29, 0.717) is 6.54 Å². The topological polar surface area (TPSA) is 67.2 Å². The molecule has 1 fully saturated rings. The first kappa shape index (κ1) is 13.6. The van der Waals surface area contributed by atoms with Crippen LogP contribution in [0.3, 0.4) is 0 Å². The summed E-state index contributed by atoms with van der Waals surface area (Å²) >= 11 is 0. The van der Waals surface area contributed by atoms with Crippen molar-refractivity contribution in [3.8, 4) is 0 Å². The van der Waals surface area contributed by atoms with E-state index in [1.54, 1.807) is 12.5 Å². The molecule has 2 rings (SSSR count). The molecule has 2 atom stereocenters. The second-order valence-electron chi connectivity index (χ2n) is 4.96. The number of imide groups is 1. The summed E-state index contributed by atoms with van der Waals surface area (Å²) < 4.78 is 1.94. The van der Waals surface area contributed by atoms with Gasteiger partial charge in [0.1, 0.15) is 6.04 Å². The van der Waals surface area contributed by atoms with Gasteiger partial charge < -0.3 is 9.88 Å². The normalized spacial score (nSPS) is 20.7. The van der Waals surface area contributed by atoms with E-state index in [9.17, 15) is 9.59 Å². The average molecular weight is 264 g/mol. The molecule has 104 valence electrons. The van der Waals surface area contributed by atoms with E-state index >= 15 is 0 Å². The van der Waals surface area contributed by atoms with Gasteiger partial charge >= 0.3 is 6.03 Å². The van der Waals surface area contributed by atoms with Crippen molar-refractivity contribution >= 4 is 11.9 Å². The van der Waals surface area contributed by atoms with Gasteiger partial charge in [-0.2, -0.15) is 0 Å². The fourth-order valence-electron chi connectivity index (χ4n) is 2.20. The van der Waals surface area contributed by atoms with Crippen molar-refractivity contribution in [2.45, 2.75) is 39.3 Å². The third kappa shape index (κ3) is 2.94. The number of carbonyl (C=O) groups excluding carboxylic acids is 2. The quantitative estimate of drug-likeness (QED) is 0.786. The molecule has 0 spiro atoms. The van der Waals surface area contributed by atoms with Crippen molar-refractivity contribution in [2.75, 3.05) is 6.54 Å². The van der Waals surface area contributed by atoms with Gasteiger partial charge in [-0.25, -0.2) is 9.78 Å². The fourth-order valence-corrected chi connectivity index (χ4v) is 2.20. The highest BCUT2D eigenvalue weighted by atomic mass is 16.2. The lowest BCUT2D eigenvalue weighted by molar-refractivity contribution is -0.128. The molecule has 6 nitrogen and oxygen atoms in total. The van der Waals surface area contributed by atoms with Crippen LogP contribution < -0.4 is 5.32 Å². The molecule has 1 saturated heterocycles. The maximum Gasteiger partial charge on any atom is 0.324 e. The lowest BCUT2D eigenvalue weighted by Crippen LogP contribution is -2.36. The lowest BCUT2D eigenvalue weighted by atomic mass is 9.99. The zero-order chi connectivity index (χ0) is 13.8. The number of rotatable bonds is 6. The summed E-state index contributed by atoms with van der Waals surface area (Å²) in [6.45, 7) is 5.21. The van der Waals surface area contributed by atoms with Gasteiger partial charge in [-0.05, 0) is 12.3 Å². The molecule has 6 heteroatoms. The molecule has 0 aliphatic carbocycles. The van der Waals surface area contributed by atoms with Gasteiger partial charge in [-0.15, -0.1) is 0 Å². The summed E-state index contributed by atoms with van der Waals surface area (Å²) in [7, 11) is 0. The van der Waals surface area contributed by atoms with Crippen LogP contribution in [0.25, 0.3) is 0 Å². The summed E-state index contributed by atoms with van der Waals surface area (Å²) in [5, 5.41) is 2.77. The first-order valence-corrected chi connectivity index (χ1v) is 6.71. The molecule has 1 aliphatic heterocycles. The summed E-state index contributed by atoms with van der Waals surface area (Å²) in [6.07, 6.45) is 6.93. The van der Waals surface area contributed by atoms with Crippen molar-refractivity contribution in [1.29, 1.82) is 0 Å². The van der Waals surface area contributed by atoms with E-state index in [1.165, 1.54) is 4.90 Å². The molecular weight excluding hydrogens is 244 g/mol. The number of amides is 3. The molecule has 3 amide bonds. The van der Waals surface area contributed by atoms with Gasteiger partial charge in [0, 0.05) is 25.5 Å². The summed E-state index contributed by atoms with van der Waals surface area (Å²) in [4.78, 5) is 29.2. The molecule has 19 heavy (non-hydrogen) atoms. The Labute approximate surface area is 112 Å². The molecule has 1 aromatic heterocycles. The van der Waals surface area contributed by atoms with E-state index in [1.807, 2.05) is 24.6 Å². The van der Waals surface area contributed by atoms with E-state index in [-0.39, 0.29) is 23.9 Å². The number of aromatic nitrogens is 2. The highest BCUT2D eigenvalue weighted by Crippen LogP contribution is 2.17. The first-order valence-electron chi connectivity index (χ1n) is 6.71. The second kappa shape index (κ2) is 5.86. The number of urea groups is 1. The molecule has 0 saturated carbocycles. The third-order valence-corrected chi connectivity index (χ3v) is 3.63. The van der Waals surface area contributed by atoms with Gasteiger partial charge in [0.05, 0.1) is 6.33 Å². The molecule has 2 heterocycles. The van der Waals surface area contributed by atoms with Crippen LogP contribution in [0, 0.1) is 5.92 Å². The van der Waals surface area contributed by atoms with E-state index in [2.05, 4.69) is 10.3 Å². The van der Waals surface area contributed by atoms with Crippen LogP contribution in [-0.4, -0.2) is 39.0 Å². The largest absolute Gasteiger partial charge is 0.337 e. The maximum atomic E-state index is 12.1. The van der Waals surface area contributed by atoms with Crippen molar-refractivity contribution in [3.63, 3.8) is 0 Å². The standard InChI is InChI=1S/C13H20N4O2/c1-3-10(2)11-12(18)17(13(19)15-11)7-4-6-16-8-5-14-9-16/h5,8-11H,3-4,6-7H2,1-2H3,(H,15,19)/t10-,11-/m0/s1. The summed E-state index contributed by atoms with van der Waals surface area (Å²) in [5.41, 5.74) is 0. The number of aryl methyl sites for hydroxylation is 1. The fraction of sp³-hybridized carbons (Fsp3) is 0.615. The van der Waals surface area contributed by atoms with Crippen LogP contribution in [0.15, 0.2) is 18.7 Å². The van der Waals surface area contributed by atoms with Gasteiger partial charge in [-0.1, -0.05) is 20.3 Å². The minimum Gasteiger partial charge on any atom is -0.337 e. The Morgan fingerprint density at radius 3 is 2.84 bits per heavy atom. The number of carbonyl (C=O) groups is 2. The maximum absolute atomic E-state index is 12.1. The third-order valence-electron chi connectivity index (χ3n) is 3.63. The molecule has 0 radical (unpaired) electrons. The van der Waals surface area contributed by atoms with Crippen LogP contribution >= 0.6 is 0 Å². The molecule has 0 unspecified atom stereocenters. The summed E-state index contributed by atoms with van der Waals surface area (Å²) in [6, 6.07) is -0.619. The Hall–Kier alpha value is -1.85. The van der Waals surface area contributed by atoms with E-state index < -0.39 is 0 Å². The van der Waals surface area contributed by atoms with Gasteiger partial charge in [0.25, 0.3) is 5.91 Å². The number of nitrogens with zero attached hydrogens (tertiary/aromatic N) is 3. The van der Waals surface area contributed by atoms with Crippen LogP contribution in [0.2, 0.25) is 0 Å². The smallest absolute Gasteiger partial charge is 0.324 e. The predicted molar refractivity (Wildman–Crippen MR) is 70.3 cm³/mol. The number of hydrogen-bond acceptors (Lipinski definition) is 3. The molecule has 0 aromatic carbocycles. The van der Waals surface area contributed by atoms with Gasteiger partial charge in [-0.3, -0.25) is 9.69 Å². The second-order valence-corrected chi connectivity index (χ2v) is 4.96. The Balaban J connectivity index is 1.86. The van der Waals surface area contributed by atoms with E-state index in [4.69, 9.17) is 0 Å². The molecular formula is C13H20N4O2. The highest BCUT2D eigenvalue weighted by Gasteiger charge is 2.39. The van der Waals surface area contributed by atoms with Crippen molar-refractivity contribution in [3.05, 3.63) is 18.7 Å². The van der Waals surface area contributed by atoms with Crippen molar-refractivity contribution < 1.29 is 9.59 Å². The lowest BCUT2D eigenvalue weighted by Gasteiger charge is -2.16. The van der Waals surface area contributed by atoms with Crippen molar-refractivity contribution in [1.82, 2.24) is 19.8 Å². The minimum atomic E-state index is -0.356. The average Bonchev–Trinajstić information content (AvgIpc) is 3.00. The van der Waals surface area contributed by atoms with Crippen LogP contribution in [-0.2, 0) is 11.3 Å². The van der Waals surface area contributed by atoms with Gasteiger partial charge in [0.15, 0.2) is 0 Å². The molecule has 1 aromatic rings. The van der Waals surface area contributed by atoms with Gasteiger partial charge in [0.2, 0.25) is 0 Å². The highest BCUT2D eigenvalue weighted by molar-refractivity contribution is 6.04. The Bertz CT molecular complexity index is 444. The first-order chi connectivity index (χ1) is 9.13. The van der Waals surface area contributed by atoms with Crippen LogP contribution in [0.1, 0.15) is 26.7 Å². The van der Waals surface area contributed by atoms with E-state index in [0.717, 1.165) is 19.4 Å². The van der Waals surface area contributed by atoms with Crippen LogP contribution in [0.4, 0.5) is 4.79 Å². The number of imidazole rings is 1. The predicted octanol–water partition coefficient (Wildman–Crippen LogP) is 1.24. The Kier molecular flexibility index (Phi) is 4.19. The Morgan fingerprint density at radius 1 is 1.42 bits per heavy atom. The van der Waals surface area contributed by atoms with Crippen LogP contribution in [0.5, 0.6) is 0 Å². The summed E-state index contributed by atoms with van der Waals surface area (Å²) in [5.74, 6) is 0.0834.